The Morgan fingerprint density at radius 1 is 1.29 bits per heavy atom. The minimum Gasteiger partial charge on any atom is -0.395 e. The molecule has 1 amide bonds. The van der Waals surface area contributed by atoms with E-state index >= 15 is 0 Å². The third-order valence-electron chi connectivity index (χ3n) is 3.99. The molecule has 1 fully saturated rings. The monoisotopic (exact) mass is 294 g/mol. The molecule has 0 unspecified atom stereocenters. The predicted molar refractivity (Wildman–Crippen MR) is 83.3 cm³/mol. The molecule has 118 valence electrons. The number of aryl methyl sites for hydroxylation is 2. The summed E-state index contributed by atoms with van der Waals surface area (Å²) < 4.78 is 1.59. The molecule has 0 atom stereocenters. The number of carbonyl (C=O) groups is 1. The van der Waals surface area contributed by atoms with Crippen LogP contribution in [-0.4, -0.2) is 83.8 Å². The molecule has 0 spiro atoms. The maximum atomic E-state index is 12.6. The van der Waals surface area contributed by atoms with Crippen molar-refractivity contribution in [2.24, 2.45) is 7.05 Å². The Morgan fingerprint density at radius 2 is 1.90 bits per heavy atom. The van der Waals surface area contributed by atoms with Crippen molar-refractivity contribution in [2.75, 3.05) is 59.1 Å². The molecule has 1 aromatic heterocycles. The first-order chi connectivity index (χ1) is 9.90. The smallest absolute Gasteiger partial charge is 0.274 e. The van der Waals surface area contributed by atoms with Gasteiger partial charge >= 0.3 is 0 Å². The van der Waals surface area contributed by atoms with Gasteiger partial charge in [0.1, 0.15) is 5.69 Å². The summed E-state index contributed by atoms with van der Waals surface area (Å²) in [5.41, 5.74) is 7.69. The van der Waals surface area contributed by atoms with Gasteiger partial charge in [-0.15, -0.1) is 0 Å². The standard InChI is InChI=1S/C14H26N6O/c1-11-12(15)13(18(4)16-11)14(21)20-9-7-19(8-10-20)6-5-17(2)3/h5-10,15H2,1-4H3. The van der Waals surface area contributed by atoms with Gasteiger partial charge in [0.2, 0.25) is 0 Å². The zero-order chi connectivity index (χ0) is 15.6. The van der Waals surface area contributed by atoms with Crippen molar-refractivity contribution in [3.05, 3.63) is 11.4 Å². The van der Waals surface area contributed by atoms with Crippen LogP contribution in [0.1, 0.15) is 16.2 Å². The van der Waals surface area contributed by atoms with Crippen LogP contribution in [0.15, 0.2) is 0 Å². The van der Waals surface area contributed by atoms with E-state index in [9.17, 15) is 4.79 Å². The van der Waals surface area contributed by atoms with Crippen molar-refractivity contribution in [2.45, 2.75) is 6.92 Å². The second-order valence-corrected chi connectivity index (χ2v) is 5.91. The van der Waals surface area contributed by atoms with E-state index in [1.165, 1.54) is 0 Å². The topological polar surface area (TPSA) is 70.6 Å². The minimum atomic E-state index is -0.0112. The Morgan fingerprint density at radius 3 is 2.38 bits per heavy atom. The Labute approximate surface area is 126 Å². The molecule has 1 aliphatic heterocycles. The molecule has 0 saturated carbocycles. The summed E-state index contributed by atoms with van der Waals surface area (Å²) in [4.78, 5) is 19.0. The number of anilines is 1. The lowest BCUT2D eigenvalue weighted by Crippen LogP contribution is -2.50. The second kappa shape index (κ2) is 6.44. The number of piperazine rings is 1. The number of amides is 1. The third kappa shape index (κ3) is 3.54. The molecule has 0 aromatic carbocycles. The van der Waals surface area contributed by atoms with Gasteiger partial charge in [0.25, 0.3) is 5.91 Å². The van der Waals surface area contributed by atoms with Gasteiger partial charge < -0.3 is 15.5 Å². The van der Waals surface area contributed by atoms with Gasteiger partial charge in [0, 0.05) is 46.3 Å². The van der Waals surface area contributed by atoms with Gasteiger partial charge in [-0.3, -0.25) is 14.4 Å². The van der Waals surface area contributed by atoms with Gasteiger partial charge in [0.05, 0.1) is 11.4 Å². The fraction of sp³-hybridized carbons (Fsp3) is 0.714. The molecule has 1 aliphatic rings. The van der Waals surface area contributed by atoms with E-state index in [4.69, 9.17) is 5.73 Å². The Bertz CT molecular complexity index is 502. The number of aromatic nitrogens is 2. The Kier molecular flexibility index (Phi) is 4.84. The summed E-state index contributed by atoms with van der Waals surface area (Å²) in [7, 11) is 5.92. The van der Waals surface area contributed by atoms with Gasteiger partial charge in [0.15, 0.2) is 0 Å². The normalized spacial score (nSPS) is 16.7. The summed E-state index contributed by atoms with van der Waals surface area (Å²) in [6, 6.07) is 0. The number of nitrogen functional groups attached to an aromatic ring is 1. The van der Waals surface area contributed by atoms with Crippen LogP contribution in [0.4, 0.5) is 5.69 Å². The van der Waals surface area contributed by atoms with E-state index in [1.54, 1.807) is 11.7 Å². The van der Waals surface area contributed by atoms with Crippen molar-refractivity contribution in [3.8, 4) is 0 Å². The van der Waals surface area contributed by atoms with Gasteiger partial charge in [-0.2, -0.15) is 5.10 Å². The largest absolute Gasteiger partial charge is 0.395 e. The Balaban J connectivity index is 1.94. The number of carbonyl (C=O) groups excluding carboxylic acids is 1. The number of rotatable bonds is 4. The lowest BCUT2D eigenvalue weighted by molar-refractivity contribution is 0.0620. The molecule has 2 rings (SSSR count). The van der Waals surface area contributed by atoms with Crippen molar-refractivity contribution in [1.82, 2.24) is 24.5 Å². The van der Waals surface area contributed by atoms with Crippen LogP contribution < -0.4 is 5.73 Å². The average molecular weight is 294 g/mol. The van der Waals surface area contributed by atoms with Crippen LogP contribution in [-0.2, 0) is 7.05 Å². The zero-order valence-electron chi connectivity index (χ0n) is 13.5. The summed E-state index contributed by atoms with van der Waals surface area (Å²) in [5, 5.41) is 4.22. The average Bonchev–Trinajstić information content (AvgIpc) is 2.70. The van der Waals surface area contributed by atoms with Gasteiger partial charge in [-0.25, -0.2) is 0 Å². The number of hydrogen-bond acceptors (Lipinski definition) is 5. The summed E-state index contributed by atoms with van der Waals surface area (Å²) >= 11 is 0. The zero-order valence-corrected chi connectivity index (χ0v) is 13.5. The van der Waals surface area contributed by atoms with E-state index in [0.717, 1.165) is 39.3 Å². The highest BCUT2D eigenvalue weighted by molar-refractivity contribution is 5.98. The highest BCUT2D eigenvalue weighted by Gasteiger charge is 2.26. The highest BCUT2D eigenvalue weighted by atomic mass is 16.2. The summed E-state index contributed by atoms with van der Waals surface area (Å²) in [6.45, 7) is 7.23. The quantitative estimate of drug-likeness (QED) is 0.820. The van der Waals surface area contributed by atoms with Crippen LogP contribution in [0.5, 0.6) is 0 Å². The molecule has 1 aromatic rings. The summed E-state index contributed by atoms with van der Waals surface area (Å²) in [6.07, 6.45) is 0. The fourth-order valence-corrected chi connectivity index (χ4v) is 2.59. The molecular weight excluding hydrogens is 268 g/mol. The SMILES string of the molecule is Cc1nn(C)c(C(=O)N2CCN(CCN(C)C)CC2)c1N. The molecule has 0 radical (unpaired) electrons. The highest BCUT2D eigenvalue weighted by Crippen LogP contribution is 2.18. The summed E-state index contributed by atoms with van der Waals surface area (Å²) in [5.74, 6) is -0.0112. The van der Waals surface area contributed by atoms with E-state index in [-0.39, 0.29) is 5.91 Å². The molecular formula is C14H26N6O. The van der Waals surface area contributed by atoms with E-state index in [0.29, 0.717) is 17.1 Å². The fourth-order valence-electron chi connectivity index (χ4n) is 2.59. The predicted octanol–water partition coefficient (Wildman–Crippen LogP) is -0.370. The third-order valence-corrected chi connectivity index (χ3v) is 3.99. The Hall–Kier alpha value is -1.60. The minimum absolute atomic E-state index is 0.0112. The van der Waals surface area contributed by atoms with Gasteiger partial charge in [-0.05, 0) is 21.0 Å². The van der Waals surface area contributed by atoms with Crippen LogP contribution in [0.25, 0.3) is 0 Å². The van der Waals surface area contributed by atoms with E-state index < -0.39 is 0 Å². The second-order valence-electron chi connectivity index (χ2n) is 5.91. The van der Waals surface area contributed by atoms with Crippen molar-refractivity contribution < 1.29 is 4.79 Å². The van der Waals surface area contributed by atoms with E-state index in [2.05, 4.69) is 29.0 Å². The van der Waals surface area contributed by atoms with E-state index in [1.807, 2.05) is 11.8 Å². The molecule has 1 saturated heterocycles. The first-order valence-corrected chi connectivity index (χ1v) is 7.35. The first-order valence-electron chi connectivity index (χ1n) is 7.35. The van der Waals surface area contributed by atoms with Crippen LogP contribution in [0, 0.1) is 6.92 Å². The lowest BCUT2D eigenvalue weighted by atomic mass is 10.2. The number of likely N-dealkylation sites (N-methyl/N-ethyl adjacent to an activating group) is 1. The number of nitrogens with zero attached hydrogens (tertiary/aromatic N) is 5. The van der Waals surface area contributed by atoms with Crippen LogP contribution in [0.2, 0.25) is 0 Å². The lowest BCUT2D eigenvalue weighted by Gasteiger charge is -2.35. The van der Waals surface area contributed by atoms with Crippen molar-refractivity contribution in [1.29, 1.82) is 0 Å². The maximum absolute atomic E-state index is 12.6. The molecule has 21 heavy (non-hydrogen) atoms. The van der Waals surface area contributed by atoms with Crippen LogP contribution in [0.3, 0.4) is 0 Å². The molecule has 0 aliphatic carbocycles. The molecule has 7 heteroatoms. The molecule has 7 nitrogen and oxygen atoms in total. The maximum Gasteiger partial charge on any atom is 0.274 e. The molecule has 0 bridgehead atoms. The van der Waals surface area contributed by atoms with Crippen molar-refractivity contribution >= 4 is 11.6 Å². The first kappa shape index (κ1) is 15.8. The van der Waals surface area contributed by atoms with Gasteiger partial charge in [-0.1, -0.05) is 0 Å². The van der Waals surface area contributed by atoms with Crippen LogP contribution >= 0.6 is 0 Å². The molecule has 2 N–H and O–H groups in total. The van der Waals surface area contributed by atoms with Crippen molar-refractivity contribution in [3.63, 3.8) is 0 Å². The number of nitrogens with two attached hydrogens (primary N) is 1. The molecule has 2 heterocycles. The number of hydrogen-bond donors (Lipinski definition) is 1.